The third-order valence-corrected chi connectivity index (χ3v) is 3.48. The first-order valence-corrected chi connectivity index (χ1v) is 6.69. The Hall–Kier alpha value is -1.65. The molecule has 0 saturated heterocycles. The van der Waals surface area contributed by atoms with Crippen LogP contribution in [0.25, 0.3) is 16.7 Å². The zero-order chi connectivity index (χ0) is 14.3. The summed E-state index contributed by atoms with van der Waals surface area (Å²) in [5, 5.41) is -0.0116. The Kier molecular flexibility index (Phi) is 3.36. The predicted molar refractivity (Wildman–Crippen MR) is 75.6 cm³/mol. The van der Waals surface area contributed by atoms with Crippen LogP contribution in [0.15, 0.2) is 36.4 Å². The van der Waals surface area contributed by atoms with Crippen LogP contribution in [0.5, 0.6) is 0 Å². The van der Waals surface area contributed by atoms with Gasteiger partial charge in [0.05, 0.1) is 27.6 Å². The number of imidazole rings is 1. The molecule has 0 N–H and O–H groups in total. The van der Waals surface area contributed by atoms with Crippen LogP contribution in [0.3, 0.4) is 0 Å². The molecule has 3 aromatic rings. The number of aromatic nitrogens is 2. The maximum atomic E-state index is 13.7. The van der Waals surface area contributed by atoms with Crippen molar-refractivity contribution < 1.29 is 8.78 Å². The number of benzene rings is 2. The largest absolute Gasteiger partial charge is 0.295 e. The van der Waals surface area contributed by atoms with Gasteiger partial charge in [0.2, 0.25) is 0 Å². The molecule has 102 valence electrons. The van der Waals surface area contributed by atoms with Crippen molar-refractivity contribution in [1.29, 1.82) is 0 Å². The molecule has 0 atom stereocenters. The Labute approximate surface area is 123 Å². The lowest BCUT2D eigenvalue weighted by atomic mass is 10.2. The van der Waals surface area contributed by atoms with Crippen molar-refractivity contribution in [3.8, 4) is 5.69 Å². The maximum Gasteiger partial charge on any atom is 0.144 e. The third kappa shape index (κ3) is 2.15. The molecule has 2 nitrogen and oxygen atoms in total. The van der Waals surface area contributed by atoms with Gasteiger partial charge in [0.25, 0.3) is 0 Å². The van der Waals surface area contributed by atoms with Gasteiger partial charge in [-0.25, -0.2) is 13.8 Å². The second kappa shape index (κ2) is 5.04. The van der Waals surface area contributed by atoms with Crippen LogP contribution < -0.4 is 0 Å². The van der Waals surface area contributed by atoms with Crippen molar-refractivity contribution in [3.63, 3.8) is 0 Å². The molecule has 0 saturated carbocycles. The van der Waals surface area contributed by atoms with Gasteiger partial charge in [-0.3, -0.25) is 4.57 Å². The van der Waals surface area contributed by atoms with Gasteiger partial charge >= 0.3 is 0 Å². The van der Waals surface area contributed by atoms with E-state index in [4.69, 9.17) is 23.2 Å². The van der Waals surface area contributed by atoms with E-state index in [1.807, 2.05) is 0 Å². The Bertz CT molecular complexity index is 799. The number of hydrogen-bond donors (Lipinski definition) is 0. The molecule has 20 heavy (non-hydrogen) atoms. The first-order chi connectivity index (χ1) is 9.60. The van der Waals surface area contributed by atoms with Crippen molar-refractivity contribution in [1.82, 2.24) is 9.55 Å². The molecule has 0 spiro atoms. The van der Waals surface area contributed by atoms with Gasteiger partial charge < -0.3 is 0 Å². The lowest BCUT2D eigenvalue weighted by Crippen LogP contribution is -1.99. The first-order valence-electron chi connectivity index (χ1n) is 5.78. The molecule has 0 amide bonds. The van der Waals surface area contributed by atoms with Crippen molar-refractivity contribution >= 4 is 34.2 Å². The highest BCUT2D eigenvalue weighted by Gasteiger charge is 2.14. The number of hydrogen-bond acceptors (Lipinski definition) is 1. The minimum atomic E-state index is -0.558. The Morgan fingerprint density at radius 3 is 2.65 bits per heavy atom. The average molecular weight is 313 g/mol. The molecular formula is C14H8Cl2F2N2. The number of halogens is 4. The summed E-state index contributed by atoms with van der Waals surface area (Å²) < 4.78 is 28.6. The number of fused-ring (bicyclic) bond motifs is 1. The Morgan fingerprint density at radius 2 is 1.95 bits per heavy atom. The minimum Gasteiger partial charge on any atom is -0.295 e. The second-order valence-electron chi connectivity index (χ2n) is 4.23. The molecule has 6 heteroatoms. The van der Waals surface area contributed by atoms with Crippen molar-refractivity contribution in [3.05, 3.63) is 58.9 Å². The van der Waals surface area contributed by atoms with Crippen molar-refractivity contribution in [2.45, 2.75) is 5.88 Å². The van der Waals surface area contributed by atoms with Crippen LogP contribution in [0.2, 0.25) is 5.02 Å². The highest BCUT2D eigenvalue weighted by atomic mass is 35.5. The van der Waals surface area contributed by atoms with E-state index >= 15 is 0 Å². The van der Waals surface area contributed by atoms with Gasteiger partial charge in [0, 0.05) is 6.07 Å². The standard InChI is InChI=1S/C14H8Cl2F2N2/c15-7-14-19-12-5-10(16)11(18)6-13(12)20(14)9-3-1-2-8(17)4-9/h1-6H,7H2. The summed E-state index contributed by atoms with van der Waals surface area (Å²) in [7, 11) is 0. The summed E-state index contributed by atoms with van der Waals surface area (Å²) in [6.45, 7) is 0. The highest BCUT2D eigenvalue weighted by molar-refractivity contribution is 6.31. The fourth-order valence-corrected chi connectivity index (χ4v) is 2.45. The van der Waals surface area contributed by atoms with E-state index in [0.29, 0.717) is 22.5 Å². The normalized spacial score (nSPS) is 11.2. The zero-order valence-electron chi connectivity index (χ0n) is 10.1. The minimum absolute atomic E-state index is 0.0116. The summed E-state index contributed by atoms with van der Waals surface area (Å²) in [5.41, 5.74) is 1.54. The molecule has 1 heterocycles. The molecule has 1 aromatic heterocycles. The van der Waals surface area contributed by atoms with Crippen LogP contribution >= 0.6 is 23.2 Å². The van der Waals surface area contributed by atoms with E-state index in [-0.39, 0.29) is 16.7 Å². The summed E-state index contributed by atoms with van der Waals surface area (Å²) >= 11 is 11.6. The maximum absolute atomic E-state index is 13.7. The Balaban J connectivity index is 2.35. The molecule has 0 unspecified atom stereocenters. The van der Waals surface area contributed by atoms with Gasteiger partial charge in [0.1, 0.15) is 17.5 Å². The number of rotatable bonds is 2. The van der Waals surface area contributed by atoms with Crippen molar-refractivity contribution in [2.75, 3.05) is 0 Å². The fraction of sp³-hybridized carbons (Fsp3) is 0.0714. The highest BCUT2D eigenvalue weighted by Crippen LogP contribution is 2.27. The first kappa shape index (κ1) is 13.3. The van der Waals surface area contributed by atoms with Crippen LogP contribution in [-0.4, -0.2) is 9.55 Å². The molecule has 0 radical (unpaired) electrons. The van der Waals surface area contributed by atoms with E-state index in [9.17, 15) is 8.78 Å². The van der Waals surface area contributed by atoms with E-state index in [0.717, 1.165) is 0 Å². The fourth-order valence-electron chi connectivity index (χ4n) is 2.12. The third-order valence-electron chi connectivity index (χ3n) is 2.95. The van der Waals surface area contributed by atoms with E-state index in [1.54, 1.807) is 16.7 Å². The van der Waals surface area contributed by atoms with Gasteiger partial charge in [-0.05, 0) is 24.3 Å². The second-order valence-corrected chi connectivity index (χ2v) is 4.91. The van der Waals surface area contributed by atoms with E-state index < -0.39 is 5.82 Å². The monoisotopic (exact) mass is 312 g/mol. The molecular weight excluding hydrogens is 305 g/mol. The van der Waals surface area contributed by atoms with Crippen LogP contribution in [0.4, 0.5) is 8.78 Å². The predicted octanol–water partition coefficient (Wildman–Crippen LogP) is 4.70. The zero-order valence-corrected chi connectivity index (χ0v) is 11.6. The van der Waals surface area contributed by atoms with Gasteiger partial charge in [0.15, 0.2) is 0 Å². The van der Waals surface area contributed by atoms with Crippen molar-refractivity contribution in [2.24, 2.45) is 0 Å². The quantitative estimate of drug-likeness (QED) is 0.627. The van der Waals surface area contributed by atoms with Crippen LogP contribution in [0, 0.1) is 11.6 Å². The van der Waals surface area contributed by atoms with Crippen LogP contribution in [-0.2, 0) is 5.88 Å². The lowest BCUT2D eigenvalue weighted by Gasteiger charge is -2.08. The molecule has 3 rings (SSSR count). The summed E-state index contributed by atoms with van der Waals surface area (Å²) in [5.74, 6) is -0.337. The smallest absolute Gasteiger partial charge is 0.144 e. The molecule has 0 aliphatic carbocycles. The van der Waals surface area contributed by atoms with E-state index in [1.165, 1.54) is 24.3 Å². The topological polar surface area (TPSA) is 17.8 Å². The van der Waals surface area contributed by atoms with E-state index in [2.05, 4.69) is 4.98 Å². The summed E-state index contributed by atoms with van der Waals surface area (Å²) in [6, 6.07) is 8.64. The SMILES string of the molecule is Fc1cccc(-n2c(CCl)nc3cc(Cl)c(F)cc32)c1. The number of nitrogens with zero attached hydrogens (tertiary/aromatic N) is 2. The van der Waals surface area contributed by atoms with Crippen LogP contribution in [0.1, 0.15) is 5.82 Å². The van der Waals surface area contributed by atoms with Gasteiger partial charge in [-0.15, -0.1) is 11.6 Å². The summed E-state index contributed by atoms with van der Waals surface area (Å²) in [4.78, 5) is 4.30. The molecule has 0 aliphatic heterocycles. The van der Waals surface area contributed by atoms with Gasteiger partial charge in [-0.1, -0.05) is 17.7 Å². The lowest BCUT2D eigenvalue weighted by molar-refractivity contribution is 0.626. The molecule has 0 aliphatic rings. The summed E-state index contributed by atoms with van der Waals surface area (Å²) in [6.07, 6.45) is 0. The molecule has 0 bridgehead atoms. The average Bonchev–Trinajstić information content (AvgIpc) is 2.77. The van der Waals surface area contributed by atoms with Gasteiger partial charge in [-0.2, -0.15) is 0 Å². The molecule has 0 fully saturated rings. The Morgan fingerprint density at radius 1 is 1.15 bits per heavy atom. The molecule has 2 aromatic carbocycles. The number of alkyl halides is 1.